The number of nitrogen functional groups attached to an aromatic ring is 1. The van der Waals surface area contributed by atoms with Crippen LogP contribution in [0.3, 0.4) is 0 Å². The molecule has 4 nitrogen and oxygen atoms in total. The van der Waals surface area contributed by atoms with Crippen molar-refractivity contribution in [3.8, 4) is 0 Å². The Balaban J connectivity index is 1.82. The van der Waals surface area contributed by atoms with Crippen LogP contribution < -0.4 is 11.1 Å². The Morgan fingerprint density at radius 3 is 2.79 bits per heavy atom. The van der Waals surface area contributed by atoms with Gasteiger partial charge < -0.3 is 15.5 Å². The van der Waals surface area contributed by atoms with Crippen LogP contribution in [0.25, 0.3) is 11.1 Å². The van der Waals surface area contributed by atoms with Crippen molar-refractivity contribution in [2.75, 3.05) is 17.6 Å². The molecule has 0 amide bonds. The Kier molecular flexibility index (Phi) is 3.82. The lowest BCUT2D eigenvalue weighted by Gasteiger charge is -2.05. The SMILES string of the molecule is Nc1ccc2oc(NCCCCC(F)(F)F)nc2c1. The largest absolute Gasteiger partial charge is 0.424 e. The number of nitrogens with two attached hydrogens (primary N) is 1. The number of unbranched alkanes of at least 4 members (excludes halogenated alkanes) is 1. The second-order valence-electron chi connectivity index (χ2n) is 4.25. The van der Waals surface area contributed by atoms with Crippen LogP contribution >= 0.6 is 0 Å². The number of halogens is 3. The molecule has 104 valence electrons. The van der Waals surface area contributed by atoms with Crippen LogP contribution in [-0.2, 0) is 0 Å². The minimum absolute atomic E-state index is 0.0870. The Labute approximate surface area is 107 Å². The molecule has 0 aliphatic heterocycles. The van der Waals surface area contributed by atoms with Crippen LogP contribution in [0.5, 0.6) is 0 Å². The first-order valence-electron chi connectivity index (χ1n) is 5.91. The van der Waals surface area contributed by atoms with Gasteiger partial charge in [0.25, 0.3) is 6.01 Å². The zero-order valence-electron chi connectivity index (χ0n) is 10.1. The fourth-order valence-corrected chi connectivity index (χ4v) is 1.67. The van der Waals surface area contributed by atoms with Crippen LogP contribution in [0.15, 0.2) is 22.6 Å². The number of hydrogen-bond acceptors (Lipinski definition) is 4. The second-order valence-corrected chi connectivity index (χ2v) is 4.25. The van der Waals surface area contributed by atoms with Gasteiger partial charge in [-0.05, 0) is 31.0 Å². The number of aromatic nitrogens is 1. The minimum Gasteiger partial charge on any atom is -0.424 e. The topological polar surface area (TPSA) is 64.1 Å². The van der Waals surface area contributed by atoms with E-state index in [1.165, 1.54) is 0 Å². The van der Waals surface area contributed by atoms with E-state index < -0.39 is 12.6 Å². The molecule has 0 radical (unpaired) electrons. The highest BCUT2D eigenvalue weighted by molar-refractivity contribution is 5.78. The zero-order valence-corrected chi connectivity index (χ0v) is 10.1. The van der Waals surface area contributed by atoms with Gasteiger partial charge in [-0.3, -0.25) is 0 Å². The number of oxazole rings is 1. The molecule has 0 saturated heterocycles. The van der Waals surface area contributed by atoms with Crippen LogP contribution in [0, 0.1) is 0 Å². The molecule has 19 heavy (non-hydrogen) atoms. The van der Waals surface area contributed by atoms with E-state index in [-0.39, 0.29) is 6.42 Å². The zero-order chi connectivity index (χ0) is 13.9. The number of rotatable bonds is 5. The van der Waals surface area contributed by atoms with E-state index in [1.807, 2.05) is 0 Å². The summed E-state index contributed by atoms with van der Waals surface area (Å²) < 4.78 is 41.1. The molecule has 1 aromatic heterocycles. The lowest BCUT2D eigenvalue weighted by Crippen LogP contribution is -2.08. The number of benzene rings is 1. The van der Waals surface area contributed by atoms with Gasteiger partial charge in [0.05, 0.1) is 0 Å². The maximum Gasteiger partial charge on any atom is 0.389 e. The fourth-order valence-electron chi connectivity index (χ4n) is 1.67. The minimum atomic E-state index is -4.09. The molecular weight excluding hydrogens is 259 g/mol. The third-order valence-corrected chi connectivity index (χ3v) is 2.57. The first-order chi connectivity index (χ1) is 8.94. The van der Waals surface area contributed by atoms with Crippen molar-refractivity contribution < 1.29 is 17.6 Å². The smallest absolute Gasteiger partial charge is 0.389 e. The van der Waals surface area contributed by atoms with E-state index in [4.69, 9.17) is 10.2 Å². The number of fused-ring (bicyclic) bond motifs is 1. The molecule has 2 aromatic rings. The third kappa shape index (κ3) is 4.04. The monoisotopic (exact) mass is 273 g/mol. The van der Waals surface area contributed by atoms with E-state index >= 15 is 0 Å². The lowest BCUT2D eigenvalue weighted by molar-refractivity contribution is -0.135. The molecule has 0 unspecified atom stereocenters. The second kappa shape index (κ2) is 5.38. The van der Waals surface area contributed by atoms with Gasteiger partial charge in [0.1, 0.15) is 5.52 Å². The molecule has 0 aliphatic rings. The summed E-state index contributed by atoms with van der Waals surface area (Å²) in [6.07, 6.45) is -4.36. The summed E-state index contributed by atoms with van der Waals surface area (Å²) in [7, 11) is 0. The third-order valence-electron chi connectivity index (χ3n) is 2.57. The summed E-state index contributed by atoms with van der Waals surface area (Å²) in [6.45, 7) is 0.387. The molecule has 1 aromatic carbocycles. The number of nitrogens with zero attached hydrogens (tertiary/aromatic N) is 1. The predicted molar refractivity (Wildman–Crippen MR) is 66.8 cm³/mol. The highest BCUT2D eigenvalue weighted by Gasteiger charge is 2.25. The first-order valence-corrected chi connectivity index (χ1v) is 5.91. The van der Waals surface area contributed by atoms with Crippen molar-refractivity contribution in [2.45, 2.75) is 25.4 Å². The van der Waals surface area contributed by atoms with E-state index in [0.29, 0.717) is 35.8 Å². The molecule has 7 heteroatoms. The molecule has 0 aliphatic carbocycles. The molecule has 0 atom stereocenters. The Morgan fingerprint density at radius 1 is 1.26 bits per heavy atom. The predicted octanol–water partition coefficient (Wildman–Crippen LogP) is 3.55. The summed E-state index contributed by atoms with van der Waals surface area (Å²) in [5.41, 5.74) is 7.40. The maximum absolute atomic E-state index is 11.9. The van der Waals surface area contributed by atoms with Gasteiger partial charge in [0.2, 0.25) is 0 Å². The van der Waals surface area contributed by atoms with Crippen molar-refractivity contribution in [3.05, 3.63) is 18.2 Å². The van der Waals surface area contributed by atoms with Crippen molar-refractivity contribution >= 4 is 22.8 Å². The van der Waals surface area contributed by atoms with Gasteiger partial charge in [0, 0.05) is 18.7 Å². The van der Waals surface area contributed by atoms with Gasteiger partial charge >= 0.3 is 6.18 Å². The van der Waals surface area contributed by atoms with Crippen molar-refractivity contribution in [1.29, 1.82) is 0 Å². The number of hydrogen-bond donors (Lipinski definition) is 2. The molecule has 3 N–H and O–H groups in total. The normalized spacial score (nSPS) is 11.9. The Hall–Kier alpha value is -1.92. The standard InChI is InChI=1S/C12H14F3N3O/c13-12(14,15)5-1-2-6-17-11-18-9-7-8(16)3-4-10(9)19-11/h3-4,7H,1-2,5-6,16H2,(H,17,18). The lowest BCUT2D eigenvalue weighted by atomic mass is 10.2. The molecule has 2 rings (SSSR count). The van der Waals surface area contributed by atoms with Crippen molar-refractivity contribution in [1.82, 2.24) is 4.98 Å². The molecular formula is C12H14F3N3O. The molecule has 1 heterocycles. The van der Waals surface area contributed by atoms with Gasteiger partial charge in [-0.2, -0.15) is 18.2 Å². The maximum atomic E-state index is 11.9. The van der Waals surface area contributed by atoms with E-state index in [9.17, 15) is 13.2 Å². The summed E-state index contributed by atoms with van der Waals surface area (Å²) >= 11 is 0. The summed E-state index contributed by atoms with van der Waals surface area (Å²) in [5.74, 6) is 0. The van der Waals surface area contributed by atoms with Gasteiger partial charge in [-0.15, -0.1) is 0 Å². The van der Waals surface area contributed by atoms with Crippen LogP contribution in [0.2, 0.25) is 0 Å². The highest BCUT2D eigenvalue weighted by atomic mass is 19.4. The number of nitrogens with one attached hydrogen (secondary N) is 1. The highest BCUT2D eigenvalue weighted by Crippen LogP contribution is 2.23. The summed E-state index contributed by atoms with van der Waals surface area (Å²) in [5, 5.41) is 2.85. The van der Waals surface area contributed by atoms with Crippen LogP contribution in [0.4, 0.5) is 24.9 Å². The molecule has 0 spiro atoms. The number of anilines is 2. The Morgan fingerprint density at radius 2 is 2.05 bits per heavy atom. The molecule has 0 saturated carbocycles. The molecule has 0 fully saturated rings. The van der Waals surface area contributed by atoms with Gasteiger partial charge in [0.15, 0.2) is 5.58 Å². The van der Waals surface area contributed by atoms with Crippen LogP contribution in [0.1, 0.15) is 19.3 Å². The molecule has 0 bridgehead atoms. The average molecular weight is 273 g/mol. The van der Waals surface area contributed by atoms with Crippen molar-refractivity contribution in [2.24, 2.45) is 0 Å². The van der Waals surface area contributed by atoms with Gasteiger partial charge in [-0.1, -0.05) is 0 Å². The average Bonchev–Trinajstić information content (AvgIpc) is 2.68. The summed E-state index contributed by atoms with van der Waals surface area (Å²) in [6, 6.07) is 5.37. The first kappa shape index (κ1) is 13.5. The van der Waals surface area contributed by atoms with Crippen LogP contribution in [-0.4, -0.2) is 17.7 Å². The van der Waals surface area contributed by atoms with E-state index in [2.05, 4.69) is 10.3 Å². The van der Waals surface area contributed by atoms with Crippen molar-refractivity contribution in [3.63, 3.8) is 0 Å². The van der Waals surface area contributed by atoms with Gasteiger partial charge in [-0.25, -0.2) is 0 Å². The Bertz CT molecular complexity index is 551. The van der Waals surface area contributed by atoms with E-state index in [0.717, 1.165) is 0 Å². The number of alkyl halides is 3. The van der Waals surface area contributed by atoms with E-state index in [1.54, 1.807) is 18.2 Å². The quantitative estimate of drug-likeness (QED) is 0.646. The fraction of sp³-hybridized carbons (Fsp3) is 0.417. The summed E-state index contributed by atoms with van der Waals surface area (Å²) in [4.78, 5) is 4.14.